The quantitative estimate of drug-likeness (QED) is 0.712. The Morgan fingerprint density at radius 3 is 2.88 bits per heavy atom. The highest BCUT2D eigenvalue weighted by atomic mass is 35.5. The smallest absolute Gasteiger partial charge is 0.234 e. The molecule has 0 radical (unpaired) electrons. The van der Waals surface area contributed by atoms with Crippen molar-refractivity contribution >= 4 is 33.5 Å². The van der Waals surface area contributed by atoms with Crippen LogP contribution in [-0.4, -0.2) is 37.8 Å². The van der Waals surface area contributed by atoms with Gasteiger partial charge in [-0.2, -0.15) is 9.61 Å². The molecule has 0 amide bonds. The Bertz CT molecular complexity index is 897. The van der Waals surface area contributed by atoms with E-state index in [1.165, 1.54) is 11.1 Å². The van der Waals surface area contributed by atoms with Crippen molar-refractivity contribution in [3.63, 3.8) is 0 Å². The molecule has 24 heavy (non-hydrogen) atoms. The number of hydrogen-bond donors (Lipinski definition) is 0. The Balaban J connectivity index is 1.49. The number of benzene rings is 1. The molecule has 4 rings (SSSR count). The van der Waals surface area contributed by atoms with Gasteiger partial charge in [-0.1, -0.05) is 54.1 Å². The largest absolute Gasteiger partial charge is 0.295 e. The van der Waals surface area contributed by atoms with Gasteiger partial charge in [0.25, 0.3) is 0 Å². The molecule has 0 N–H and O–H groups in total. The molecule has 7 heteroatoms. The van der Waals surface area contributed by atoms with Crippen LogP contribution in [0.4, 0.5) is 0 Å². The van der Waals surface area contributed by atoms with Crippen LogP contribution < -0.4 is 0 Å². The van der Waals surface area contributed by atoms with Gasteiger partial charge in [-0.25, -0.2) is 0 Å². The highest BCUT2D eigenvalue weighted by Crippen LogP contribution is 2.28. The van der Waals surface area contributed by atoms with E-state index < -0.39 is 0 Å². The first-order chi connectivity index (χ1) is 11.7. The van der Waals surface area contributed by atoms with Gasteiger partial charge in [0.05, 0.1) is 0 Å². The molecule has 0 spiro atoms. The van der Waals surface area contributed by atoms with Gasteiger partial charge in [-0.05, 0) is 23.6 Å². The molecular weight excluding hydrogens is 342 g/mol. The summed E-state index contributed by atoms with van der Waals surface area (Å²) >= 11 is 7.88. The van der Waals surface area contributed by atoms with Crippen molar-refractivity contribution in [2.45, 2.75) is 26.3 Å². The number of aromatic nitrogens is 4. The third-order valence-electron chi connectivity index (χ3n) is 4.29. The van der Waals surface area contributed by atoms with Gasteiger partial charge in [0.15, 0.2) is 5.82 Å². The van der Waals surface area contributed by atoms with Crippen LogP contribution in [0.2, 0.25) is 5.02 Å². The Morgan fingerprint density at radius 2 is 2.12 bits per heavy atom. The average molecular weight is 360 g/mol. The standard InChI is InChI=1S/C17H18ClN5S/c1-2-15-19-20-17-23(15)21-16(24-17)12-7-9-22(10-8-12)11-13-5-3-4-6-14(13)18/h3-7H,2,8-11H2,1H3. The second-order valence-corrected chi connectivity index (χ2v) is 7.24. The average Bonchev–Trinajstić information content (AvgIpc) is 3.18. The van der Waals surface area contributed by atoms with Crippen molar-refractivity contribution in [1.29, 1.82) is 0 Å². The Morgan fingerprint density at radius 1 is 1.25 bits per heavy atom. The van der Waals surface area contributed by atoms with Gasteiger partial charge in [-0.3, -0.25) is 4.90 Å². The first-order valence-electron chi connectivity index (χ1n) is 8.11. The molecule has 0 unspecified atom stereocenters. The summed E-state index contributed by atoms with van der Waals surface area (Å²) in [7, 11) is 0. The molecule has 3 heterocycles. The normalized spacial score (nSPS) is 15.8. The van der Waals surface area contributed by atoms with Crippen LogP contribution in [0.3, 0.4) is 0 Å². The molecular formula is C17H18ClN5S. The maximum absolute atomic E-state index is 6.26. The Kier molecular flexibility index (Phi) is 4.35. The van der Waals surface area contributed by atoms with Crippen molar-refractivity contribution < 1.29 is 0 Å². The molecule has 124 valence electrons. The predicted octanol–water partition coefficient (Wildman–Crippen LogP) is 3.69. The minimum atomic E-state index is 0.841. The monoisotopic (exact) mass is 359 g/mol. The van der Waals surface area contributed by atoms with E-state index in [9.17, 15) is 0 Å². The topological polar surface area (TPSA) is 46.3 Å². The fourth-order valence-corrected chi connectivity index (χ4v) is 4.05. The minimum Gasteiger partial charge on any atom is -0.295 e. The fraction of sp³-hybridized carbons (Fsp3) is 0.353. The van der Waals surface area contributed by atoms with Crippen LogP contribution >= 0.6 is 22.9 Å². The van der Waals surface area contributed by atoms with Crippen LogP contribution in [0.15, 0.2) is 30.3 Å². The van der Waals surface area contributed by atoms with E-state index in [4.69, 9.17) is 16.7 Å². The number of fused-ring (bicyclic) bond motifs is 1. The van der Waals surface area contributed by atoms with Crippen molar-refractivity contribution in [1.82, 2.24) is 24.7 Å². The molecule has 1 aliphatic rings. The number of halogens is 1. The summed E-state index contributed by atoms with van der Waals surface area (Å²) in [5, 5.41) is 14.9. The van der Waals surface area contributed by atoms with Gasteiger partial charge < -0.3 is 0 Å². The molecule has 0 aliphatic carbocycles. The molecule has 0 atom stereocenters. The number of rotatable bonds is 4. The van der Waals surface area contributed by atoms with E-state index in [1.807, 2.05) is 22.7 Å². The number of hydrogen-bond acceptors (Lipinski definition) is 5. The predicted molar refractivity (Wildman–Crippen MR) is 97.4 cm³/mol. The van der Waals surface area contributed by atoms with Crippen molar-refractivity contribution in [2.24, 2.45) is 0 Å². The lowest BCUT2D eigenvalue weighted by atomic mass is 10.1. The molecule has 0 saturated carbocycles. The molecule has 2 aromatic heterocycles. The summed E-state index contributed by atoms with van der Waals surface area (Å²) in [6.45, 7) is 4.88. The van der Waals surface area contributed by atoms with Gasteiger partial charge in [0, 0.05) is 31.1 Å². The van der Waals surface area contributed by atoms with E-state index in [1.54, 1.807) is 11.3 Å². The lowest BCUT2D eigenvalue weighted by molar-refractivity contribution is 0.294. The summed E-state index contributed by atoms with van der Waals surface area (Å²) in [5.41, 5.74) is 2.49. The van der Waals surface area contributed by atoms with Gasteiger partial charge >= 0.3 is 0 Å². The summed E-state index contributed by atoms with van der Waals surface area (Å²) in [6.07, 6.45) is 4.11. The first kappa shape index (κ1) is 15.7. The van der Waals surface area contributed by atoms with Gasteiger partial charge in [0.1, 0.15) is 5.01 Å². The second kappa shape index (κ2) is 6.63. The van der Waals surface area contributed by atoms with Gasteiger partial charge in [-0.15, -0.1) is 10.2 Å². The Labute approximate surface area is 149 Å². The summed E-state index contributed by atoms with van der Waals surface area (Å²) in [4.78, 5) is 3.28. The van der Waals surface area contributed by atoms with Gasteiger partial charge in [0.2, 0.25) is 4.96 Å². The molecule has 0 bridgehead atoms. The van der Waals surface area contributed by atoms with E-state index in [0.29, 0.717) is 0 Å². The van der Waals surface area contributed by atoms with Crippen LogP contribution in [0.1, 0.15) is 29.7 Å². The molecule has 0 fully saturated rings. The maximum atomic E-state index is 6.26. The Hall–Kier alpha value is -1.76. The first-order valence-corrected chi connectivity index (χ1v) is 9.30. The maximum Gasteiger partial charge on any atom is 0.234 e. The van der Waals surface area contributed by atoms with E-state index >= 15 is 0 Å². The van der Waals surface area contributed by atoms with Crippen molar-refractivity contribution in [2.75, 3.05) is 13.1 Å². The van der Waals surface area contributed by atoms with Crippen LogP contribution in [-0.2, 0) is 13.0 Å². The highest BCUT2D eigenvalue weighted by Gasteiger charge is 2.18. The lowest BCUT2D eigenvalue weighted by Crippen LogP contribution is -2.28. The molecule has 5 nitrogen and oxygen atoms in total. The van der Waals surface area contributed by atoms with Crippen molar-refractivity contribution in [3.8, 4) is 0 Å². The zero-order valence-electron chi connectivity index (χ0n) is 13.4. The molecule has 1 aromatic carbocycles. The fourth-order valence-electron chi connectivity index (χ4n) is 2.92. The molecule has 0 saturated heterocycles. The summed E-state index contributed by atoms with van der Waals surface area (Å²) in [5.74, 6) is 0.921. The van der Waals surface area contributed by atoms with E-state index in [2.05, 4.69) is 34.2 Å². The van der Waals surface area contributed by atoms with E-state index in [0.717, 1.165) is 53.3 Å². The number of nitrogens with zero attached hydrogens (tertiary/aromatic N) is 5. The van der Waals surface area contributed by atoms with Crippen LogP contribution in [0, 0.1) is 0 Å². The van der Waals surface area contributed by atoms with Crippen molar-refractivity contribution in [3.05, 3.63) is 51.8 Å². The molecule has 1 aliphatic heterocycles. The summed E-state index contributed by atoms with van der Waals surface area (Å²) < 4.78 is 1.87. The summed E-state index contributed by atoms with van der Waals surface area (Å²) in [6, 6.07) is 8.05. The van der Waals surface area contributed by atoms with Crippen LogP contribution in [0.25, 0.3) is 10.5 Å². The SMILES string of the molecule is CCc1nnc2sc(C3=CCN(Cc4ccccc4Cl)CC3)nn12. The molecule has 3 aromatic rings. The van der Waals surface area contributed by atoms with E-state index in [-0.39, 0.29) is 0 Å². The third kappa shape index (κ3) is 2.97. The zero-order valence-corrected chi connectivity index (χ0v) is 15.0. The third-order valence-corrected chi connectivity index (χ3v) is 5.63. The van der Waals surface area contributed by atoms with Crippen LogP contribution in [0.5, 0.6) is 0 Å². The number of aryl methyl sites for hydroxylation is 1. The highest BCUT2D eigenvalue weighted by molar-refractivity contribution is 7.17. The lowest BCUT2D eigenvalue weighted by Gasteiger charge is -2.25. The zero-order chi connectivity index (χ0) is 16.5. The second-order valence-electron chi connectivity index (χ2n) is 5.88. The minimum absolute atomic E-state index is 0.841.